The van der Waals surface area contributed by atoms with Gasteiger partial charge >= 0.3 is 6.09 Å². The molecule has 31 heavy (non-hydrogen) atoms. The van der Waals surface area contributed by atoms with E-state index in [0.717, 1.165) is 35.7 Å². The summed E-state index contributed by atoms with van der Waals surface area (Å²) in [5, 5.41) is 6.61. The van der Waals surface area contributed by atoms with E-state index in [1.165, 1.54) is 0 Å². The van der Waals surface area contributed by atoms with Gasteiger partial charge in [0.25, 0.3) is 0 Å². The average molecular weight is 539 g/mol. The number of benzene rings is 1. The zero-order valence-corrected chi connectivity index (χ0v) is 21.3. The maximum absolute atomic E-state index is 12.1. The van der Waals surface area contributed by atoms with Crippen LogP contribution in [0, 0.1) is 0 Å². The number of rotatable bonds is 7. The van der Waals surface area contributed by atoms with Gasteiger partial charge in [0.15, 0.2) is 5.96 Å². The molecule has 2 aromatic rings. The lowest BCUT2D eigenvalue weighted by molar-refractivity contribution is 0.0285. The number of ether oxygens (including phenoxy) is 1. The van der Waals surface area contributed by atoms with Crippen molar-refractivity contribution in [1.29, 1.82) is 0 Å². The quantitative estimate of drug-likeness (QED) is 0.316. The van der Waals surface area contributed by atoms with Gasteiger partial charge in [0.1, 0.15) is 5.60 Å². The molecule has 2 rings (SSSR count). The van der Waals surface area contributed by atoms with Crippen molar-refractivity contribution in [1.82, 2.24) is 20.5 Å². The van der Waals surface area contributed by atoms with E-state index in [2.05, 4.69) is 20.6 Å². The Kier molecular flexibility index (Phi) is 11.3. The van der Waals surface area contributed by atoms with Crippen LogP contribution in [0.3, 0.4) is 0 Å². The topological polar surface area (TPSA) is 78.9 Å². The number of guanidine groups is 1. The highest BCUT2D eigenvalue weighted by Crippen LogP contribution is 2.12. The van der Waals surface area contributed by atoms with Crippen LogP contribution in [0.2, 0.25) is 0 Å². The molecule has 0 aliphatic rings. The van der Waals surface area contributed by atoms with Crippen LogP contribution in [0.1, 0.15) is 37.6 Å². The van der Waals surface area contributed by atoms with Gasteiger partial charge in [0, 0.05) is 52.0 Å². The first kappa shape index (κ1) is 26.7. The molecule has 0 atom stereocenters. The molecular weight excluding hydrogens is 505 g/mol. The van der Waals surface area contributed by atoms with E-state index in [4.69, 9.17) is 4.74 Å². The summed E-state index contributed by atoms with van der Waals surface area (Å²) >= 11 is 0. The summed E-state index contributed by atoms with van der Waals surface area (Å²) in [6.07, 6.45) is 2.31. The van der Waals surface area contributed by atoms with Gasteiger partial charge in [-0.1, -0.05) is 30.3 Å². The molecule has 8 heteroatoms. The second kappa shape index (κ2) is 13.1. The highest BCUT2D eigenvalue weighted by atomic mass is 127. The number of nitrogens with zero attached hydrogens (tertiary/aromatic N) is 3. The maximum Gasteiger partial charge on any atom is 0.410 e. The Hall–Kier alpha value is -2.36. The summed E-state index contributed by atoms with van der Waals surface area (Å²) in [5.74, 6) is 0.750. The molecule has 1 heterocycles. The summed E-state index contributed by atoms with van der Waals surface area (Å²) < 4.78 is 5.39. The fourth-order valence-electron chi connectivity index (χ4n) is 2.70. The van der Waals surface area contributed by atoms with Gasteiger partial charge in [-0.05, 0) is 44.0 Å². The van der Waals surface area contributed by atoms with Gasteiger partial charge < -0.3 is 20.3 Å². The first-order chi connectivity index (χ1) is 14.3. The van der Waals surface area contributed by atoms with Crippen molar-refractivity contribution >= 4 is 36.0 Å². The van der Waals surface area contributed by atoms with Crippen LogP contribution in [0.4, 0.5) is 4.79 Å². The molecule has 0 saturated heterocycles. The van der Waals surface area contributed by atoms with E-state index in [0.29, 0.717) is 13.1 Å². The summed E-state index contributed by atoms with van der Waals surface area (Å²) in [4.78, 5) is 22.2. The number of pyridine rings is 1. The molecule has 0 saturated carbocycles. The molecule has 1 aromatic heterocycles. The van der Waals surface area contributed by atoms with Crippen LogP contribution in [0.5, 0.6) is 0 Å². The van der Waals surface area contributed by atoms with Crippen molar-refractivity contribution in [3.05, 3.63) is 65.5 Å². The number of hydrogen-bond acceptors (Lipinski definition) is 4. The molecule has 1 amide bonds. The maximum atomic E-state index is 12.1. The number of amides is 1. The zero-order chi connectivity index (χ0) is 22.0. The first-order valence-corrected chi connectivity index (χ1v) is 10.1. The lowest BCUT2D eigenvalue weighted by Crippen LogP contribution is -2.37. The number of halogens is 1. The summed E-state index contributed by atoms with van der Waals surface area (Å²) in [5.41, 5.74) is 2.73. The van der Waals surface area contributed by atoms with Crippen LogP contribution in [0.25, 0.3) is 0 Å². The zero-order valence-electron chi connectivity index (χ0n) is 19.0. The first-order valence-electron chi connectivity index (χ1n) is 10.1. The summed E-state index contributed by atoms with van der Waals surface area (Å²) in [6.45, 7) is 7.50. The average Bonchev–Trinajstić information content (AvgIpc) is 2.71. The van der Waals surface area contributed by atoms with Crippen molar-refractivity contribution in [3.63, 3.8) is 0 Å². The minimum atomic E-state index is -0.495. The van der Waals surface area contributed by atoms with Crippen LogP contribution in [0.15, 0.2) is 53.7 Å². The van der Waals surface area contributed by atoms with Crippen molar-refractivity contribution in [2.45, 2.75) is 45.9 Å². The third-order valence-electron chi connectivity index (χ3n) is 4.23. The second-order valence-electron chi connectivity index (χ2n) is 8.08. The minimum absolute atomic E-state index is 0. The van der Waals surface area contributed by atoms with Gasteiger partial charge in [-0.25, -0.2) is 4.79 Å². The van der Waals surface area contributed by atoms with Gasteiger partial charge in [-0.15, -0.1) is 24.0 Å². The van der Waals surface area contributed by atoms with E-state index in [-0.39, 0.29) is 30.1 Å². The van der Waals surface area contributed by atoms with Crippen LogP contribution in [-0.4, -0.2) is 48.2 Å². The molecule has 0 fully saturated rings. The molecule has 0 bridgehead atoms. The fourth-order valence-corrected chi connectivity index (χ4v) is 2.70. The number of aromatic nitrogens is 1. The third kappa shape index (κ3) is 10.5. The molecular formula is C23H34IN5O2. The molecule has 0 spiro atoms. The smallest absolute Gasteiger partial charge is 0.410 e. The molecule has 2 N–H and O–H groups in total. The minimum Gasteiger partial charge on any atom is -0.444 e. The lowest BCUT2D eigenvalue weighted by Gasteiger charge is -2.24. The Morgan fingerprint density at radius 2 is 1.77 bits per heavy atom. The third-order valence-corrected chi connectivity index (χ3v) is 4.23. The van der Waals surface area contributed by atoms with E-state index in [9.17, 15) is 4.79 Å². The van der Waals surface area contributed by atoms with Gasteiger partial charge in [-0.3, -0.25) is 9.98 Å². The molecule has 0 aliphatic heterocycles. The highest BCUT2D eigenvalue weighted by molar-refractivity contribution is 14.0. The van der Waals surface area contributed by atoms with Gasteiger partial charge in [0.2, 0.25) is 0 Å². The fraction of sp³-hybridized carbons (Fsp3) is 0.435. The van der Waals surface area contributed by atoms with Crippen molar-refractivity contribution in [3.8, 4) is 0 Å². The van der Waals surface area contributed by atoms with E-state index < -0.39 is 5.60 Å². The molecule has 0 unspecified atom stereocenters. The molecule has 0 radical (unpaired) electrons. The van der Waals surface area contributed by atoms with Gasteiger partial charge in [-0.2, -0.15) is 0 Å². The Bertz CT molecular complexity index is 820. The normalized spacial score (nSPS) is 11.3. The number of carbonyl (C=O) groups is 1. The Balaban J connectivity index is 0.00000480. The Morgan fingerprint density at radius 1 is 1.10 bits per heavy atom. The predicted octanol–water partition coefficient (Wildman–Crippen LogP) is 3.97. The van der Waals surface area contributed by atoms with Crippen molar-refractivity contribution < 1.29 is 9.53 Å². The van der Waals surface area contributed by atoms with Crippen LogP contribution < -0.4 is 10.6 Å². The molecule has 170 valence electrons. The largest absolute Gasteiger partial charge is 0.444 e. The monoisotopic (exact) mass is 539 g/mol. The SMILES string of the molecule is CN=C(NCCc1ccccn1)NCc1ccc(CN(C)C(=O)OC(C)(C)C)cc1.I. The lowest BCUT2D eigenvalue weighted by atomic mass is 10.1. The molecule has 0 aliphatic carbocycles. The number of hydrogen-bond donors (Lipinski definition) is 2. The van der Waals surface area contributed by atoms with E-state index in [1.807, 2.05) is 63.2 Å². The number of aliphatic imine (C=N–C) groups is 1. The number of nitrogens with one attached hydrogen (secondary N) is 2. The molecule has 7 nitrogen and oxygen atoms in total. The van der Waals surface area contributed by atoms with Crippen molar-refractivity contribution in [2.75, 3.05) is 20.6 Å². The van der Waals surface area contributed by atoms with E-state index >= 15 is 0 Å². The molecule has 1 aromatic carbocycles. The predicted molar refractivity (Wildman–Crippen MR) is 136 cm³/mol. The van der Waals surface area contributed by atoms with Crippen LogP contribution in [-0.2, 0) is 24.2 Å². The second-order valence-corrected chi connectivity index (χ2v) is 8.08. The van der Waals surface area contributed by atoms with E-state index in [1.54, 1.807) is 25.2 Å². The number of carbonyl (C=O) groups excluding carboxylic acids is 1. The van der Waals surface area contributed by atoms with Crippen molar-refractivity contribution in [2.24, 2.45) is 4.99 Å². The Morgan fingerprint density at radius 3 is 2.35 bits per heavy atom. The Labute approximate surface area is 202 Å². The summed E-state index contributed by atoms with van der Waals surface area (Å²) in [7, 11) is 3.50. The van der Waals surface area contributed by atoms with Crippen LogP contribution >= 0.6 is 24.0 Å². The summed E-state index contributed by atoms with van der Waals surface area (Å²) in [6, 6.07) is 14.1. The standard InChI is InChI=1S/C23H33N5O2.HI/c1-23(2,3)30-22(29)28(5)17-19-11-9-18(10-12-19)16-27-21(24-4)26-15-13-20-8-6-7-14-25-20;/h6-12,14H,13,15-17H2,1-5H3,(H2,24,26,27);1H. The van der Waals surface area contributed by atoms with Gasteiger partial charge in [0.05, 0.1) is 0 Å². The highest BCUT2D eigenvalue weighted by Gasteiger charge is 2.19.